The molecule has 1 aliphatic rings. The molecule has 3 aromatic rings. The highest BCUT2D eigenvalue weighted by Crippen LogP contribution is 2.30. The molecule has 1 aliphatic heterocycles. The summed E-state index contributed by atoms with van der Waals surface area (Å²) < 4.78 is 6.31. The zero-order chi connectivity index (χ0) is 20.6. The Balaban J connectivity index is 1.45. The van der Waals surface area contributed by atoms with Gasteiger partial charge in [0.25, 0.3) is 0 Å². The third-order valence-electron chi connectivity index (χ3n) is 6.01. The normalized spacial score (nSPS) is 15.5. The van der Waals surface area contributed by atoms with Crippen LogP contribution in [0.15, 0.2) is 66.7 Å². The lowest BCUT2D eigenvalue weighted by molar-refractivity contribution is 0.126. The van der Waals surface area contributed by atoms with Crippen LogP contribution in [-0.2, 0) is 13.0 Å². The topological polar surface area (TPSA) is 41.7 Å². The molecule has 1 heterocycles. The third-order valence-corrected chi connectivity index (χ3v) is 6.01. The molecule has 158 valence electrons. The fourth-order valence-corrected chi connectivity index (χ4v) is 4.25. The predicted octanol–water partition coefficient (Wildman–Crippen LogP) is 3.93. The fraction of sp³-hybridized carbons (Fsp3) is 0.385. The summed E-state index contributed by atoms with van der Waals surface area (Å²) in [7, 11) is 0. The first-order valence-corrected chi connectivity index (χ1v) is 11.2. The van der Waals surface area contributed by atoms with E-state index in [-0.39, 0.29) is 0 Å². The van der Waals surface area contributed by atoms with E-state index in [1.165, 1.54) is 21.9 Å². The lowest BCUT2D eigenvalue weighted by atomic mass is 10.0. The van der Waals surface area contributed by atoms with Crippen LogP contribution in [0.1, 0.15) is 17.5 Å². The maximum atomic E-state index is 6.31. The van der Waals surface area contributed by atoms with Crippen LogP contribution in [0.2, 0.25) is 0 Å². The summed E-state index contributed by atoms with van der Waals surface area (Å²) in [6.45, 7) is 7.96. The van der Waals surface area contributed by atoms with Gasteiger partial charge >= 0.3 is 0 Å². The van der Waals surface area contributed by atoms with Crippen molar-refractivity contribution in [3.63, 3.8) is 0 Å². The van der Waals surface area contributed by atoms with Gasteiger partial charge in [-0.25, -0.2) is 0 Å². The van der Waals surface area contributed by atoms with Crippen molar-refractivity contribution in [2.24, 2.45) is 5.73 Å². The van der Waals surface area contributed by atoms with Crippen LogP contribution < -0.4 is 10.5 Å². The van der Waals surface area contributed by atoms with E-state index in [0.717, 1.165) is 64.4 Å². The highest BCUT2D eigenvalue weighted by atomic mass is 16.5. The van der Waals surface area contributed by atoms with Crippen molar-refractivity contribution in [2.75, 3.05) is 45.9 Å². The van der Waals surface area contributed by atoms with Crippen molar-refractivity contribution in [3.05, 3.63) is 77.9 Å². The Morgan fingerprint density at radius 3 is 2.33 bits per heavy atom. The highest BCUT2D eigenvalue weighted by Gasteiger charge is 2.19. The van der Waals surface area contributed by atoms with E-state index < -0.39 is 0 Å². The van der Waals surface area contributed by atoms with E-state index in [1.807, 2.05) is 0 Å². The van der Waals surface area contributed by atoms with Gasteiger partial charge < -0.3 is 15.4 Å². The molecule has 1 fully saturated rings. The molecule has 4 nitrogen and oxygen atoms in total. The molecule has 0 aliphatic carbocycles. The quantitative estimate of drug-likeness (QED) is 0.588. The molecule has 0 saturated carbocycles. The van der Waals surface area contributed by atoms with Gasteiger partial charge in [0.15, 0.2) is 0 Å². The van der Waals surface area contributed by atoms with Crippen molar-refractivity contribution in [2.45, 2.75) is 19.4 Å². The first-order chi connectivity index (χ1) is 14.8. The maximum absolute atomic E-state index is 6.31. The number of nitrogens with zero attached hydrogens (tertiary/aromatic N) is 2. The molecular formula is C26H33N3O. The summed E-state index contributed by atoms with van der Waals surface area (Å²) >= 11 is 0. The number of hydrogen-bond donors (Lipinski definition) is 1. The molecular weight excluding hydrogens is 370 g/mol. The predicted molar refractivity (Wildman–Crippen MR) is 125 cm³/mol. The van der Waals surface area contributed by atoms with E-state index in [0.29, 0.717) is 6.61 Å². The molecule has 0 amide bonds. The molecule has 1 saturated heterocycles. The van der Waals surface area contributed by atoms with Gasteiger partial charge in [0.05, 0.1) is 6.61 Å². The van der Waals surface area contributed by atoms with Crippen LogP contribution in [0.4, 0.5) is 0 Å². The smallest absolute Gasteiger partial charge is 0.124 e. The van der Waals surface area contributed by atoms with Crippen LogP contribution in [0.25, 0.3) is 10.8 Å². The second kappa shape index (κ2) is 10.6. The summed E-state index contributed by atoms with van der Waals surface area (Å²) in [6.07, 6.45) is 2.01. The molecule has 2 N–H and O–H groups in total. The first kappa shape index (κ1) is 20.9. The number of piperazine rings is 1. The molecule has 0 atom stereocenters. The minimum atomic E-state index is 0.697. The molecule has 30 heavy (non-hydrogen) atoms. The van der Waals surface area contributed by atoms with Gasteiger partial charge in [-0.1, -0.05) is 60.7 Å². The summed E-state index contributed by atoms with van der Waals surface area (Å²) in [5, 5.41) is 2.59. The van der Waals surface area contributed by atoms with Crippen LogP contribution in [0.3, 0.4) is 0 Å². The van der Waals surface area contributed by atoms with Crippen LogP contribution in [0, 0.1) is 0 Å². The van der Waals surface area contributed by atoms with Gasteiger partial charge in [0.1, 0.15) is 5.75 Å². The molecule has 4 heteroatoms. The van der Waals surface area contributed by atoms with Crippen molar-refractivity contribution >= 4 is 10.8 Å². The number of benzene rings is 3. The number of nitrogens with two attached hydrogens (primary N) is 1. The van der Waals surface area contributed by atoms with Gasteiger partial charge in [-0.05, 0) is 41.9 Å². The van der Waals surface area contributed by atoms with E-state index in [9.17, 15) is 0 Å². The summed E-state index contributed by atoms with van der Waals surface area (Å²) in [5.41, 5.74) is 8.30. The van der Waals surface area contributed by atoms with Crippen LogP contribution >= 0.6 is 0 Å². The van der Waals surface area contributed by atoms with Gasteiger partial charge in [-0.3, -0.25) is 4.90 Å². The zero-order valence-corrected chi connectivity index (χ0v) is 17.8. The largest absolute Gasteiger partial charge is 0.493 e. The Labute approximate surface area is 180 Å². The Kier molecular flexibility index (Phi) is 7.35. The van der Waals surface area contributed by atoms with Gasteiger partial charge in [0, 0.05) is 44.7 Å². The zero-order valence-electron chi connectivity index (χ0n) is 17.8. The summed E-state index contributed by atoms with van der Waals surface area (Å²) in [5.74, 6) is 1.02. The summed E-state index contributed by atoms with van der Waals surface area (Å²) in [4.78, 5) is 5.09. The Bertz CT molecular complexity index is 920. The number of fused-ring (bicyclic) bond motifs is 1. The van der Waals surface area contributed by atoms with Crippen molar-refractivity contribution in [1.82, 2.24) is 9.80 Å². The van der Waals surface area contributed by atoms with Crippen LogP contribution in [-0.4, -0.2) is 55.7 Å². The molecule has 3 aromatic carbocycles. The van der Waals surface area contributed by atoms with Gasteiger partial charge in [-0.2, -0.15) is 0 Å². The lowest BCUT2D eigenvalue weighted by Crippen LogP contribution is -2.46. The second-order valence-corrected chi connectivity index (χ2v) is 8.11. The fourth-order valence-electron chi connectivity index (χ4n) is 4.25. The molecule has 4 rings (SSSR count). The number of ether oxygens (including phenoxy) is 1. The van der Waals surface area contributed by atoms with E-state index >= 15 is 0 Å². The van der Waals surface area contributed by atoms with Crippen molar-refractivity contribution < 1.29 is 4.74 Å². The average Bonchev–Trinajstić information content (AvgIpc) is 2.80. The average molecular weight is 404 g/mol. The molecule has 0 radical (unpaired) electrons. The minimum absolute atomic E-state index is 0.697. The van der Waals surface area contributed by atoms with E-state index in [2.05, 4.69) is 76.5 Å². The number of rotatable bonds is 9. The van der Waals surface area contributed by atoms with E-state index in [1.54, 1.807) is 0 Å². The second-order valence-electron chi connectivity index (χ2n) is 8.11. The lowest BCUT2D eigenvalue weighted by Gasteiger charge is -2.35. The van der Waals surface area contributed by atoms with Crippen LogP contribution in [0.5, 0.6) is 5.75 Å². The van der Waals surface area contributed by atoms with Gasteiger partial charge in [-0.15, -0.1) is 0 Å². The molecule has 0 aromatic heterocycles. The maximum Gasteiger partial charge on any atom is 0.124 e. The van der Waals surface area contributed by atoms with Crippen molar-refractivity contribution in [3.8, 4) is 5.75 Å². The SMILES string of the molecule is NCCCN1CCN(Cc2c(OCCc3ccccc3)ccc3ccccc23)CC1. The Morgan fingerprint density at radius 1 is 0.800 bits per heavy atom. The molecule has 0 spiro atoms. The van der Waals surface area contributed by atoms with E-state index in [4.69, 9.17) is 10.5 Å². The molecule has 0 bridgehead atoms. The first-order valence-electron chi connectivity index (χ1n) is 11.2. The van der Waals surface area contributed by atoms with Crippen molar-refractivity contribution in [1.29, 1.82) is 0 Å². The summed E-state index contributed by atoms with van der Waals surface area (Å²) in [6, 6.07) is 23.5. The minimum Gasteiger partial charge on any atom is -0.493 e. The molecule has 0 unspecified atom stereocenters. The standard InChI is InChI=1S/C26H33N3O/c27-14-6-15-28-16-18-29(19-17-28)21-25-24-10-5-4-9-23(24)11-12-26(25)30-20-13-22-7-2-1-3-8-22/h1-5,7-12H,6,13-21,27H2. The highest BCUT2D eigenvalue weighted by molar-refractivity contribution is 5.87. The van der Waals surface area contributed by atoms with Gasteiger partial charge in [0.2, 0.25) is 0 Å². The third kappa shape index (κ3) is 5.39. The number of hydrogen-bond acceptors (Lipinski definition) is 4. The Hall–Kier alpha value is -2.40. The Morgan fingerprint density at radius 2 is 1.53 bits per heavy atom. The monoisotopic (exact) mass is 403 g/mol.